The highest BCUT2D eigenvalue weighted by Crippen LogP contribution is 2.45. The van der Waals surface area contributed by atoms with Crippen LogP contribution in [-0.4, -0.2) is 44.0 Å². The largest absolute Gasteiger partial charge is 0.372 e. The molecule has 29 heavy (non-hydrogen) atoms. The number of hydrogen-bond acceptors (Lipinski definition) is 5. The minimum absolute atomic E-state index is 0.0461. The third kappa shape index (κ3) is 7.02. The van der Waals surface area contributed by atoms with Crippen molar-refractivity contribution >= 4 is 41.5 Å². The van der Waals surface area contributed by atoms with Gasteiger partial charge >= 0.3 is 0 Å². The molecule has 1 saturated heterocycles. The Morgan fingerprint density at radius 3 is 2.76 bits per heavy atom. The van der Waals surface area contributed by atoms with E-state index in [1.807, 2.05) is 0 Å². The summed E-state index contributed by atoms with van der Waals surface area (Å²) in [6.45, 7) is 13.1. The number of hydrogen-bond donors (Lipinski definition) is 2. The molecule has 1 fully saturated rings. The average Bonchev–Trinajstić information content (AvgIpc) is 3.07. The lowest BCUT2D eigenvalue weighted by atomic mass is 9.59. The summed E-state index contributed by atoms with van der Waals surface area (Å²) in [5.41, 5.74) is 2.34. The molecule has 5 unspecified atom stereocenters. The van der Waals surface area contributed by atoms with Gasteiger partial charge in [-0.3, -0.25) is 5.32 Å². The molecule has 1 N–H and O–H groups in total. The lowest BCUT2D eigenvalue weighted by Gasteiger charge is -2.47. The summed E-state index contributed by atoms with van der Waals surface area (Å²) in [4.78, 5) is 1.34. The number of thiol groups is 1. The minimum atomic E-state index is -0.336. The zero-order chi connectivity index (χ0) is 21.6. The Kier molecular flexibility index (Phi) is 10.1. The molecule has 0 aromatic rings. The smallest absolute Gasteiger partial charge is 0.110 e. The summed E-state index contributed by atoms with van der Waals surface area (Å²) < 4.78 is 12.9. The van der Waals surface area contributed by atoms with Crippen molar-refractivity contribution in [2.45, 2.75) is 63.3 Å². The fourth-order valence-electron chi connectivity index (χ4n) is 3.80. The Morgan fingerprint density at radius 2 is 2.17 bits per heavy atom. The second-order valence-electron chi connectivity index (χ2n) is 8.29. The maximum absolute atomic E-state index is 6.54. The van der Waals surface area contributed by atoms with Gasteiger partial charge in [0, 0.05) is 18.1 Å². The van der Waals surface area contributed by atoms with Crippen molar-refractivity contribution in [1.82, 2.24) is 5.32 Å². The Hall–Kier alpha value is 0.0349. The molecule has 0 aromatic heterocycles. The van der Waals surface area contributed by atoms with Crippen LogP contribution in [0.3, 0.4) is 0 Å². The van der Waals surface area contributed by atoms with Crippen LogP contribution < -0.4 is 5.32 Å². The third-order valence-corrected chi connectivity index (χ3v) is 7.66. The van der Waals surface area contributed by atoms with Gasteiger partial charge in [-0.15, -0.1) is 21.9 Å². The lowest BCUT2D eigenvalue weighted by Crippen LogP contribution is -2.51. The van der Waals surface area contributed by atoms with Crippen LogP contribution in [0.2, 0.25) is 5.82 Å². The van der Waals surface area contributed by atoms with E-state index in [1.165, 1.54) is 21.4 Å². The van der Waals surface area contributed by atoms with Crippen LogP contribution in [0.5, 0.6) is 0 Å². The van der Waals surface area contributed by atoms with Crippen LogP contribution in [0.25, 0.3) is 0 Å². The van der Waals surface area contributed by atoms with E-state index in [0.29, 0.717) is 24.9 Å². The van der Waals surface area contributed by atoms with E-state index in [1.54, 1.807) is 11.8 Å². The van der Waals surface area contributed by atoms with Gasteiger partial charge in [0.15, 0.2) is 0 Å². The van der Waals surface area contributed by atoms with Gasteiger partial charge in [-0.05, 0) is 63.6 Å². The van der Waals surface area contributed by atoms with Crippen molar-refractivity contribution in [3.63, 3.8) is 0 Å². The molecular formula is C22H37BNO2PS2. The van der Waals surface area contributed by atoms with Gasteiger partial charge in [0.2, 0.25) is 0 Å². The first-order valence-electron chi connectivity index (χ1n) is 10.5. The Balaban J connectivity index is 2.15. The van der Waals surface area contributed by atoms with Crippen molar-refractivity contribution in [3.8, 4) is 0 Å². The zero-order valence-corrected chi connectivity index (χ0v) is 21.6. The van der Waals surface area contributed by atoms with E-state index in [0.717, 1.165) is 13.0 Å². The summed E-state index contributed by atoms with van der Waals surface area (Å²) in [6, 6.07) is 0. The van der Waals surface area contributed by atoms with Gasteiger partial charge in [0.05, 0.1) is 12.2 Å². The summed E-state index contributed by atoms with van der Waals surface area (Å²) in [5, 5.41) is 4.59. The first-order chi connectivity index (χ1) is 13.7. The number of thioether (sulfide) groups is 1. The second kappa shape index (κ2) is 11.6. The molecule has 0 bridgehead atoms. The third-order valence-electron chi connectivity index (χ3n) is 6.02. The highest BCUT2D eigenvalue weighted by molar-refractivity contribution is 8.13. The SMILES string of the molecule is BC1[C@H](C)C(/C=C2\CNC(S)S2)=CC(OCC)C1(C)OCC/C(C)=C/C=C(\C)P. The van der Waals surface area contributed by atoms with E-state index in [2.05, 4.69) is 94.0 Å². The maximum Gasteiger partial charge on any atom is 0.110 e. The molecule has 1 aliphatic heterocycles. The lowest BCUT2D eigenvalue weighted by molar-refractivity contribution is -0.128. The molecule has 0 spiro atoms. The van der Waals surface area contributed by atoms with Gasteiger partial charge in [-0.1, -0.05) is 41.7 Å². The number of nitrogens with one attached hydrogen (secondary N) is 1. The van der Waals surface area contributed by atoms with Crippen molar-refractivity contribution in [2.75, 3.05) is 19.8 Å². The molecule has 0 aromatic carbocycles. The predicted octanol–water partition coefficient (Wildman–Crippen LogP) is 4.71. The highest BCUT2D eigenvalue weighted by Gasteiger charge is 2.46. The van der Waals surface area contributed by atoms with Crippen molar-refractivity contribution in [3.05, 3.63) is 45.7 Å². The summed E-state index contributed by atoms with van der Waals surface area (Å²) in [6.07, 6.45) is 9.80. The van der Waals surface area contributed by atoms with E-state index in [4.69, 9.17) is 9.47 Å². The van der Waals surface area contributed by atoms with Crippen molar-refractivity contribution in [1.29, 1.82) is 0 Å². The molecule has 0 amide bonds. The van der Waals surface area contributed by atoms with Gasteiger partial charge < -0.3 is 9.47 Å². The molecule has 0 saturated carbocycles. The summed E-state index contributed by atoms with van der Waals surface area (Å²) in [7, 11) is 5.02. The van der Waals surface area contributed by atoms with Gasteiger partial charge in [0.25, 0.3) is 0 Å². The maximum atomic E-state index is 6.54. The van der Waals surface area contributed by atoms with Gasteiger partial charge in [-0.2, -0.15) is 0 Å². The quantitative estimate of drug-likeness (QED) is 0.241. The normalized spacial score (nSPS) is 35.3. The average molecular weight is 453 g/mol. The first-order valence-corrected chi connectivity index (χ1v) is 12.5. The van der Waals surface area contributed by atoms with Crippen LogP contribution in [0.1, 0.15) is 41.0 Å². The summed E-state index contributed by atoms with van der Waals surface area (Å²) in [5.74, 6) is 0.753. The molecule has 1 heterocycles. The minimum Gasteiger partial charge on any atom is -0.372 e. The number of allylic oxidation sites excluding steroid dienone is 5. The van der Waals surface area contributed by atoms with Crippen LogP contribution >= 0.6 is 33.6 Å². The first kappa shape index (κ1) is 25.3. The fourth-order valence-corrected chi connectivity index (χ4v) is 5.21. The topological polar surface area (TPSA) is 30.5 Å². The fraction of sp³-hybridized carbons (Fsp3) is 0.636. The molecule has 1 aliphatic carbocycles. The molecule has 0 radical (unpaired) electrons. The Bertz CT molecular complexity index is 690. The Labute approximate surface area is 190 Å². The monoisotopic (exact) mass is 453 g/mol. The van der Waals surface area contributed by atoms with Crippen LogP contribution in [0.4, 0.5) is 0 Å². The number of rotatable bonds is 8. The van der Waals surface area contributed by atoms with E-state index < -0.39 is 0 Å². The van der Waals surface area contributed by atoms with Crippen LogP contribution in [0, 0.1) is 5.92 Å². The van der Waals surface area contributed by atoms with Gasteiger partial charge in [-0.25, -0.2) is 0 Å². The van der Waals surface area contributed by atoms with Crippen molar-refractivity contribution in [2.24, 2.45) is 5.92 Å². The Morgan fingerprint density at radius 1 is 1.45 bits per heavy atom. The van der Waals surface area contributed by atoms with Crippen LogP contribution in [0.15, 0.2) is 45.7 Å². The van der Waals surface area contributed by atoms with E-state index in [9.17, 15) is 0 Å². The molecule has 6 atom stereocenters. The molecule has 162 valence electrons. The molecule has 2 aliphatic rings. The molecule has 7 heteroatoms. The zero-order valence-electron chi connectivity index (χ0n) is 18.7. The molecular weight excluding hydrogens is 416 g/mol. The highest BCUT2D eigenvalue weighted by atomic mass is 32.2. The molecule has 3 nitrogen and oxygen atoms in total. The standard InChI is InChI=1S/C22H37BNO2PS2/c1-6-25-19-12-17(11-18-13-24-21(28)29-18)16(4)20(23)22(19,5)26-10-9-14(2)7-8-15(3)27/h7-8,11-12,16,19-21,24,28H,6,9-10,13,23,27H2,1-5H3/b14-7+,15-8+,18-11+/t16-,19?,20?,21?,22?/m1/s1. The van der Waals surface area contributed by atoms with E-state index in [-0.39, 0.29) is 16.4 Å². The van der Waals surface area contributed by atoms with E-state index >= 15 is 0 Å². The van der Waals surface area contributed by atoms with Gasteiger partial charge in [0.1, 0.15) is 18.7 Å². The predicted molar refractivity (Wildman–Crippen MR) is 138 cm³/mol. The number of ether oxygens (including phenoxy) is 2. The summed E-state index contributed by atoms with van der Waals surface area (Å²) >= 11 is 6.30. The second-order valence-corrected chi connectivity index (χ2v) is 11.3. The molecule has 2 rings (SSSR count). The van der Waals surface area contributed by atoms with Crippen molar-refractivity contribution < 1.29 is 9.47 Å². The van der Waals surface area contributed by atoms with Crippen LogP contribution in [-0.2, 0) is 9.47 Å².